The Labute approximate surface area is 65.8 Å². The molecule has 0 radical (unpaired) electrons. The van der Waals surface area contributed by atoms with Gasteiger partial charge in [-0.1, -0.05) is 18.5 Å². The predicted octanol–water partition coefficient (Wildman–Crippen LogP) is 2.51. The first-order valence-electron chi connectivity index (χ1n) is 3.44. The van der Waals surface area contributed by atoms with E-state index in [2.05, 4.69) is 18.9 Å². The molecule has 1 unspecified atom stereocenters. The maximum atomic E-state index is 5.63. The van der Waals surface area contributed by atoms with Gasteiger partial charge in [0.1, 0.15) is 0 Å². The van der Waals surface area contributed by atoms with E-state index in [4.69, 9.17) is 11.6 Å². The summed E-state index contributed by atoms with van der Waals surface area (Å²) in [7, 11) is 0. The van der Waals surface area contributed by atoms with E-state index >= 15 is 0 Å². The maximum Gasteiger partial charge on any atom is 0.151 e. The Bertz CT molecular complexity index is 207. The first-order valence-corrected chi connectivity index (χ1v) is 3.82. The Morgan fingerprint density at radius 3 is 2.90 bits per heavy atom. The summed E-state index contributed by atoms with van der Waals surface area (Å²) in [6, 6.07) is 2.25. The standard InChI is InChI=1S/C7H11ClN2/c1-3-6(2)10-5-4-7(8)9-10/h4-6H,3H2,1-2H3. The van der Waals surface area contributed by atoms with Crippen molar-refractivity contribution in [3.05, 3.63) is 17.4 Å². The van der Waals surface area contributed by atoms with Gasteiger partial charge in [0.05, 0.1) is 0 Å². The summed E-state index contributed by atoms with van der Waals surface area (Å²) in [6.07, 6.45) is 2.98. The van der Waals surface area contributed by atoms with Gasteiger partial charge in [-0.25, -0.2) is 0 Å². The molecule has 0 fully saturated rings. The van der Waals surface area contributed by atoms with E-state index in [-0.39, 0.29) is 0 Å². The second-order valence-electron chi connectivity index (χ2n) is 2.38. The molecule has 0 aliphatic carbocycles. The predicted molar refractivity (Wildman–Crippen MR) is 42.2 cm³/mol. The lowest BCUT2D eigenvalue weighted by atomic mass is 10.3. The number of aromatic nitrogens is 2. The normalized spacial score (nSPS) is 13.5. The zero-order valence-electron chi connectivity index (χ0n) is 6.21. The Hall–Kier alpha value is -0.500. The number of halogens is 1. The lowest BCUT2D eigenvalue weighted by Crippen LogP contribution is -2.03. The molecule has 10 heavy (non-hydrogen) atoms. The van der Waals surface area contributed by atoms with Crippen molar-refractivity contribution in [2.75, 3.05) is 0 Å². The number of hydrogen-bond donors (Lipinski definition) is 0. The van der Waals surface area contributed by atoms with Crippen LogP contribution in [0.15, 0.2) is 12.3 Å². The first kappa shape index (κ1) is 7.61. The topological polar surface area (TPSA) is 17.8 Å². The highest BCUT2D eigenvalue weighted by molar-refractivity contribution is 6.29. The highest BCUT2D eigenvalue weighted by Crippen LogP contribution is 2.11. The van der Waals surface area contributed by atoms with Gasteiger partial charge < -0.3 is 0 Å². The van der Waals surface area contributed by atoms with Crippen LogP contribution in [0.4, 0.5) is 0 Å². The molecule has 1 heterocycles. The van der Waals surface area contributed by atoms with Gasteiger partial charge in [0, 0.05) is 12.2 Å². The molecule has 1 aromatic heterocycles. The molecule has 1 atom stereocenters. The van der Waals surface area contributed by atoms with Gasteiger partial charge in [0.15, 0.2) is 5.15 Å². The molecule has 2 nitrogen and oxygen atoms in total. The smallest absolute Gasteiger partial charge is 0.151 e. The molecule has 0 bridgehead atoms. The summed E-state index contributed by atoms with van der Waals surface area (Å²) in [6.45, 7) is 4.24. The van der Waals surface area contributed by atoms with Crippen molar-refractivity contribution >= 4 is 11.6 Å². The molecule has 0 aliphatic rings. The Morgan fingerprint density at radius 1 is 1.80 bits per heavy atom. The monoisotopic (exact) mass is 158 g/mol. The minimum Gasteiger partial charge on any atom is -0.268 e. The summed E-state index contributed by atoms with van der Waals surface area (Å²) in [5, 5.41) is 4.63. The number of nitrogens with zero attached hydrogens (tertiary/aromatic N) is 2. The van der Waals surface area contributed by atoms with Gasteiger partial charge >= 0.3 is 0 Å². The fraction of sp³-hybridized carbons (Fsp3) is 0.571. The van der Waals surface area contributed by atoms with E-state index in [1.807, 2.05) is 10.9 Å². The van der Waals surface area contributed by atoms with Crippen molar-refractivity contribution in [3.63, 3.8) is 0 Å². The highest BCUT2D eigenvalue weighted by atomic mass is 35.5. The van der Waals surface area contributed by atoms with Crippen LogP contribution in [0.1, 0.15) is 26.3 Å². The summed E-state index contributed by atoms with van der Waals surface area (Å²) < 4.78 is 1.88. The number of hydrogen-bond acceptors (Lipinski definition) is 1. The van der Waals surface area contributed by atoms with Crippen LogP contribution in [0.5, 0.6) is 0 Å². The second-order valence-corrected chi connectivity index (χ2v) is 2.76. The van der Waals surface area contributed by atoms with Crippen LogP contribution in [0.2, 0.25) is 5.15 Å². The zero-order chi connectivity index (χ0) is 7.56. The van der Waals surface area contributed by atoms with E-state index in [0.29, 0.717) is 11.2 Å². The summed E-state index contributed by atoms with van der Waals surface area (Å²) in [4.78, 5) is 0. The Morgan fingerprint density at radius 2 is 2.50 bits per heavy atom. The fourth-order valence-electron chi connectivity index (χ4n) is 0.747. The first-order chi connectivity index (χ1) is 4.74. The van der Waals surface area contributed by atoms with Crippen molar-refractivity contribution in [3.8, 4) is 0 Å². The molecular weight excluding hydrogens is 148 g/mol. The van der Waals surface area contributed by atoms with Gasteiger partial charge in [-0.15, -0.1) is 0 Å². The third-order valence-corrected chi connectivity index (χ3v) is 1.82. The van der Waals surface area contributed by atoms with Crippen molar-refractivity contribution < 1.29 is 0 Å². The third kappa shape index (κ3) is 1.51. The molecule has 0 aromatic carbocycles. The minimum absolute atomic E-state index is 0.451. The quantitative estimate of drug-likeness (QED) is 0.647. The average Bonchev–Trinajstić information content (AvgIpc) is 2.34. The molecule has 56 valence electrons. The van der Waals surface area contributed by atoms with Gasteiger partial charge in [-0.3, -0.25) is 4.68 Å². The van der Waals surface area contributed by atoms with E-state index < -0.39 is 0 Å². The van der Waals surface area contributed by atoms with Gasteiger partial charge in [-0.2, -0.15) is 5.10 Å². The van der Waals surface area contributed by atoms with Crippen LogP contribution in [0.25, 0.3) is 0 Å². The summed E-state index contributed by atoms with van der Waals surface area (Å²) in [5.41, 5.74) is 0. The van der Waals surface area contributed by atoms with Crippen LogP contribution in [0, 0.1) is 0 Å². The Balaban J connectivity index is 2.74. The molecule has 0 N–H and O–H groups in total. The Kier molecular flexibility index (Phi) is 2.33. The summed E-state index contributed by atoms with van der Waals surface area (Å²) >= 11 is 5.63. The van der Waals surface area contributed by atoms with Crippen molar-refractivity contribution in [1.82, 2.24) is 9.78 Å². The van der Waals surface area contributed by atoms with Gasteiger partial charge in [-0.05, 0) is 19.4 Å². The van der Waals surface area contributed by atoms with E-state index in [1.165, 1.54) is 0 Å². The molecule has 0 saturated heterocycles. The van der Waals surface area contributed by atoms with Crippen LogP contribution >= 0.6 is 11.6 Å². The highest BCUT2D eigenvalue weighted by Gasteiger charge is 2.01. The van der Waals surface area contributed by atoms with Crippen LogP contribution in [-0.4, -0.2) is 9.78 Å². The minimum atomic E-state index is 0.451. The van der Waals surface area contributed by atoms with Crippen molar-refractivity contribution in [2.45, 2.75) is 26.3 Å². The van der Waals surface area contributed by atoms with E-state index in [0.717, 1.165) is 6.42 Å². The lowest BCUT2D eigenvalue weighted by Gasteiger charge is -2.07. The number of rotatable bonds is 2. The van der Waals surface area contributed by atoms with Crippen LogP contribution in [-0.2, 0) is 0 Å². The van der Waals surface area contributed by atoms with Crippen molar-refractivity contribution in [2.24, 2.45) is 0 Å². The SMILES string of the molecule is CCC(C)n1ccc(Cl)n1. The largest absolute Gasteiger partial charge is 0.268 e. The molecule has 3 heteroatoms. The molecule has 1 rings (SSSR count). The van der Waals surface area contributed by atoms with E-state index in [1.54, 1.807) is 6.07 Å². The summed E-state index contributed by atoms with van der Waals surface area (Å²) in [5.74, 6) is 0. The molecule has 1 aromatic rings. The van der Waals surface area contributed by atoms with Gasteiger partial charge in [0.25, 0.3) is 0 Å². The zero-order valence-corrected chi connectivity index (χ0v) is 6.97. The average molecular weight is 159 g/mol. The molecule has 0 saturated carbocycles. The van der Waals surface area contributed by atoms with E-state index in [9.17, 15) is 0 Å². The third-order valence-electron chi connectivity index (χ3n) is 1.62. The molecule has 0 amide bonds. The molecule has 0 spiro atoms. The molecular formula is C7H11ClN2. The fourth-order valence-corrected chi connectivity index (χ4v) is 0.891. The van der Waals surface area contributed by atoms with Crippen LogP contribution < -0.4 is 0 Å². The van der Waals surface area contributed by atoms with Crippen molar-refractivity contribution in [1.29, 1.82) is 0 Å². The maximum absolute atomic E-state index is 5.63. The van der Waals surface area contributed by atoms with Gasteiger partial charge in [0.2, 0.25) is 0 Å². The lowest BCUT2D eigenvalue weighted by molar-refractivity contribution is 0.478. The molecule has 0 aliphatic heterocycles. The van der Waals surface area contributed by atoms with Crippen LogP contribution in [0.3, 0.4) is 0 Å². The second kappa shape index (κ2) is 3.06.